The Morgan fingerprint density at radius 1 is 1.38 bits per heavy atom. The van der Waals surface area contributed by atoms with Gasteiger partial charge in [-0.15, -0.1) is 0 Å². The summed E-state index contributed by atoms with van der Waals surface area (Å²) in [6.45, 7) is 8.75. The molecule has 0 aromatic carbocycles. The van der Waals surface area contributed by atoms with E-state index in [4.69, 9.17) is 0 Å². The van der Waals surface area contributed by atoms with Gasteiger partial charge in [0.15, 0.2) is 0 Å². The number of aryl methyl sites for hydroxylation is 1. The molecule has 0 spiro atoms. The van der Waals surface area contributed by atoms with Crippen LogP contribution in [0.25, 0.3) is 0 Å². The Morgan fingerprint density at radius 3 is 2.62 bits per heavy atom. The molecule has 2 nitrogen and oxygen atoms in total. The molecule has 1 rings (SSSR count). The van der Waals surface area contributed by atoms with Crippen molar-refractivity contribution in [1.29, 1.82) is 0 Å². The van der Waals surface area contributed by atoms with Crippen LogP contribution in [0.15, 0.2) is 16.6 Å². The SMILES string of the molecule is CCC(C)CC(C)Nc1ccc(Br)c(C)n1. The molecule has 0 aliphatic carbocycles. The quantitative estimate of drug-likeness (QED) is 0.868. The van der Waals surface area contributed by atoms with Gasteiger partial charge in [0, 0.05) is 10.5 Å². The van der Waals surface area contributed by atoms with E-state index in [1.54, 1.807) is 0 Å². The maximum absolute atomic E-state index is 4.49. The number of nitrogens with zero attached hydrogens (tertiary/aromatic N) is 1. The van der Waals surface area contributed by atoms with E-state index in [0.717, 1.165) is 21.9 Å². The van der Waals surface area contributed by atoms with E-state index < -0.39 is 0 Å². The molecule has 0 saturated carbocycles. The van der Waals surface area contributed by atoms with Gasteiger partial charge in [-0.3, -0.25) is 0 Å². The van der Waals surface area contributed by atoms with Gasteiger partial charge in [0.05, 0.1) is 5.69 Å². The maximum atomic E-state index is 4.49. The van der Waals surface area contributed by atoms with Gasteiger partial charge < -0.3 is 5.32 Å². The minimum atomic E-state index is 0.475. The van der Waals surface area contributed by atoms with E-state index in [1.165, 1.54) is 12.8 Å². The molecule has 0 bridgehead atoms. The smallest absolute Gasteiger partial charge is 0.126 e. The van der Waals surface area contributed by atoms with Crippen LogP contribution in [-0.4, -0.2) is 11.0 Å². The van der Waals surface area contributed by atoms with Crippen molar-refractivity contribution in [3.8, 4) is 0 Å². The average molecular weight is 285 g/mol. The Morgan fingerprint density at radius 2 is 2.06 bits per heavy atom. The van der Waals surface area contributed by atoms with Gasteiger partial charge in [-0.1, -0.05) is 20.3 Å². The molecule has 1 aromatic rings. The topological polar surface area (TPSA) is 24.9 Å². The van der Waals surface area contributed by atoms with Crippen molar-refractivity contribution in [1.82, 2.24) is 4.98 Å². The zero-order chi connectivity index (χ0) is 12.1. The van der Waals surface area contributed by atoms with E-state index >= 15 is 0 Å². The number of hydrogen-bond donors (Lipinski definition) is 1. The van der Waals surface area contributed by atoms with Crippen LogP contribution in [0.2, 0.25) is 0 Å². The van der Waals surface area contributed by atoms with Crippen molar-refractivity contribution in [3.05, 3.63) is 22.3 Å². The van der Waals surface area contributed by atoms with Gasteiger partial charge in [0.2, 0.25) is 0 Å². The minimum Gasteiger partial charge on any atom is -0.368 e. The molecule has 0 radical (unpaired) electrons. The van der Waals surface area contributed by atoms with Crippen molar-refractivity contribution in [3.63, 3.8) is 0 Å². The molecule has 1 aromatic heterocycles. The Bertz CT molecular complexity index is 339. The second-order valence-electron chi connectivity index (χ2n) is 4.56. The highest BCUT2D eigenvalue weighted by atomic mass is 79.9. The van der Waals surface area contributed by atoms with Crippen LogP contribution in [0.3, 0.4) is 0 Å². The van der Waals surface area contributed by atoms with Crippen LogP contribution in [0.5, 0.6) is 0 Å². The van der Waals surface area contributed by atoms with Crippen molar-refractivity contribution in [2.24, 2.45) is 5.92 Å². The normalized spacial score (nSPS) is 14.6. The molecule has 1 heterocycles. The summed E-state index contributed by atoms with van der Waals surface area (Å²) in [5.41, 5.74) is 1.03. The first-order valence-corrected chi connectivity index (χ1v) is 6.72. The zero-order valence-corrected chi connectivity index (χ0v) is 12.1. The molecule has 1 N–H and O–H groups in total. The molecule has 0 amide bonds. The number of aromatic nitrogens is 1. The molecule has 2 atom stereocenters. The molecular formula is C13H21BrN2. The lowest BCUT2D eigenvalue weighted by Crippen LogP contribution is -2.19. The first kappa shape index (κ1) is 13.5. The Balaban J connectivity index is 2.56. The molecule has 0 aliphatic heterocycles. The monoisotopic (exact) mass is 284 g/mol. The minimum absolute atomic E-state index is 0.475. The highest BCUT2D eigenvalue weighted by Gasteiger charge is 2.08. The lowest BCUT2D eigenvalue weighted by atomic mass is 10.0. The van der Waals surface area contributed by atoms with Crippen molar-refractivity contribution in [2.45, 2.75) is 46.6 Å². The Labute approximate surface area is 107 Å². The van der Waals surface area contributed by atoms with Gasteiger partial charge in [-0.05, 0) is 54.2 Å². The third-order valence-corrected chi connectivity index (χ3v) is 3.71. The molecule has 90 valence electrons. The summed E-state index contributed by atoms with van der Waals surface area (Å²) in [5, 5.41) is 3.44. The van der Waals surface area contributed by atoms with Crippen LogP contribution in [0.1, 0.15) is 39.3 Å². The Hall–Kier alpha value is -0.570. The summed E-state index contributed by atoms with van der Waals surface area (Å²) < 4.78 is 1.06. The van der Waals surface area contributed by atoms with Crippen molar-refractivity contribution in [2.75, 3.05) is 5.32 Å². The summed E-state index contributed by atoms with van der Waals surface area (Å²) in [5.74, 6) is 1.73. The number of nitrogens with one attached hydrogen (secondary N) is 1. The van der Waals surface area contributed by atoms with E-state index in [0.29, 0.717) is 6.04 Å². The van der Waals surface area contributed by atoms with E-state index in [1.807, 2.05) is 19.1 Å². The summed E-state index contributed by atoms with van der Waals surface area (Å²) in [6, 6.07) is 4.54. The van der Waals surface area contributed by atoms with Crippen LogP contribution in [-0.2, 0) is 0 Å². The fourth-order valence-corrected chi connectivity index (χ4v) is 1.93. The standard InChI is InChI=1S/C13H21BrN2/c1-5-9(2)8-10(3)15-13-7-6-12(14)11(4)16-13/h6-7,9-10H,5,8H2,1-4H3,(H,15,16). The predicted molar refractivity (Wildman–Crippen MR) is 73.8 cm³/mol. The summed E-state index contributed by atoms with van der Waals surface area (Å²) in [6.07, 6.45) is 2.42. The first-order chi connectivity index (χ1) is 7.52. The van der Waals surface area contributed by atoms with Gasteiger partial charge >= 0.3 is 0 Å². The largest absolute Gasteiger partial charge is 0.368 e. The van der Waals surface area contributed by atoms with E-state index in [9.17, 15) is 0 Å². The van der Waals surface area contributed by atoms with E-state index in [-0.39, 0.29) is 0 Å². The van der Waals surface area contributed by atoms with Crippen molar-refractivity contribution < 1.29 is 0 Å². The first-order valence-electron chi connectivity index (χ1n) is 5.92. The lowest BCUT2D eigenvalue weighted by molar-refractivity contribution is 0.483. The second-order valence-corrected chi connectivity index (χ2v) is 5.41. The summed E-state index contributed by atoms with van der Waals surface area (Å²) in [7, 11) is 0. The Kier molecular flexibility index (Phi) is 5.26. The highest BCUT2D eigenvalue weighted by Crippen LogP contribution is 2.18. The van der Waals surface area contributed by atoms with Crippen molar-refractivity contribution >= 4 is 21.7 Å². The van der Waals surface area contributed by atoms with Gasteiger partial charge in [-0.2, -0.15) is 0 Å². The second kappa shape index (κ2) is 6.24. The molecule has 0 aliphatic rings. The average Bonchev–Trinajstić information content (AvgIpc) is 2.23. The third kappa shape index (κ3) is 4.12. The zero-order valence-electron chi connectivity index (χ0n) is 10.5. The summed E-state index contributed by atoms with van der Waals surface area (Å²) in [4.78, 5) is 4.49. The number of rotatable bonds is 5. The van der Waals surface area contributed by atoms with Crippen LogP contribution in [0, 0.1) is 12.8 Å². The number of halogens is 1. The number of anilines is 1. The van der Waals surface area contributed by atoms with Gasteiger partial charge in [-0.25, -0.2) is 4.98 Å². The van der Waals surface area contributed by atoms with Gasteiger partial charge in [0.1, 0.15) is 5.82 Å². The van der Waals surface area contributed by atoms with E-state index in [2.05, 4.69) is 47.0 Å². The van der Waals surface area contributed by atoms with Crippen LogP contribution >= 0.6 is 15.9 Å². The predicted octanol–water partition coefficient (Wildman–Crippen LogP) is 4.39. The third-order valence-electron chi connectivity index (χ3n) is 2.87. The fourth-order valence-electron chi connectivity index (χ4n) is 1.71. The van der Waals surface area contributed by atoms with Gasteiger partial charge in [0.25, 0.3) is 0 Å². The fraction of sp³-hybridized carbons (Fsp3) is 0.615. The van der Waals surface area contributed by atoms with Crippen LogP contribution < -0.4 is 5.32 Å². The number of hydrogen-bond acceptors (Lipinski definition) is 2. The lowest BCUT2D eigenvalue weighted by Gasteiger charge is -2.18. The highest BCUT2D eigenvalue weighted by molar-refractivity contribution is 9.10. The molecule has 16 heavy (non-hydrogen) atoms. The summed E-state index contributed by atoms with van der Waals surface area (Å²) >= 11 is 3.46. The molecule has 0 saturated heterocycles. The molecule has 3 heteroatoms. The van der Waals surface area contributed by atoms with Crippen LogP contribution in [0.4, 0.5) is 5.82 Å². The molecule has 2 unspecified atom stereocenters. The maximum Gasteiger partial charge on any atom is 0.126 e. The number of pyridine rings is 1. The molecule has 0 fully saturated rings. The molecular weight excluding hydrogens is 264 g/mol.